The van der Waals surface area contributed by atoms with Crippen LogP contribution < -0.4 is 10.9 Å². The van der Waals surface area contributed by atoms with Crippen LogP contribution in [0.5, 0.6) is 0 Å². The Hall–Kier alpha value is -2.89. The van der Waals surface area contributed by atoms with Gasteiger partial charge in [-0.15, -0.1) is 0 Å². The van der Waals surface area contributed by atoms with Gasteiger partial charge >= 0.3 is 5.97 Å². The Kier molecular flexibility index (Phi) is 4.50. The molecule has 1 amide bonds. The lowest BCUT2D eigenvalue weighted by Gasteiger charge is -2.13. The molecule has 0 saturated heterocycles. The van der Waals surface area contributed by atoms with Gasteiger partial charge in [0.1, 0.15) is 0 Å². The number of nitrogens with one attached hydrogen (secondary N) is 2. The summed E-state index contributed by atoms with van der Waals surface area (Å²) in [6, 6.07) is 11.3. The number of rotatable bonds is 5. The van der Waals surface area contributed by atoms with E-state index in [1.54, 1.807) is 30.3 Å². The van der Waals surface area contributed by atoms with Crippen molar-refractivity contribution < 1.29 is 14.7 Å². The number of carbonyl (C=O) groups excluding carboxylic acids is 1. The lowest BCUT2D eigenvalue weighted by atomic mass is 9.99. The van der Waals surface area contributed by atoms with Crippen LogP contribution in [0.1, 0.15) is 21.8 Å². The third-order valence-electron chi connectivity index (χ3n) is 3.01. The van der Waals surface area contributed by atoms with E-state index in [2.05, 4.69) is 10.3 Å². The van der Waals surface area contributed by atoms with E-state index >= 15 is 0 Å². The average molecular weight is 286 g/mol. The summed E-state index contributed by atoms with van der Waals surface area (Å²) < 4.78 is 0. The number of H-pyrrole nitrogens is 1. The van der Waals surface area contributed by atoms with E-state index in [4.69, 9.17) is 0 Å². The largest absolute Gasteiger partial charge is 0.481 e. The molecule has 0 fully saturated rings. The van der Waals surface area contributed by atoms with Gasteiger partial charge in [0.25, 0.3) is 5.91 Å². The first-order valence-corrected chi connectivity index (χ1v) is 6.32. The number of pyridine rings is 1. The SMILES string of the molecule is O=C(NCC(C(=O)O)c1ccccc1)c1ccc(=O)[nH]c1. The predicted molar refractivity (Wildman–Crippen MR) is 76.2 cm³/mol. The van der Waals surface area contributed by atoms with Crippen molar-refractivity contribution in [3.63, 3.8) is 0 Å². The van der Waals surface area contributed by atoms with Crippen LogP contribution >= 0.6 is 0 Å². The van der Waals surface area contributed by atoms with E-state index < -0.39 is 17.8 Å². The summed E-state index contributed by atoms with van der Waals surface area (Å²) in [5.74, 6) is -2.27. The molecule has 0 saturated carbocycles. The molecule has 0 aliphatic carbocycles. The first-order chi connectivity index (χ1) is 10.1. The van der Waals surface area contributed by atoms with Gasteiger partial charge in [-0.3, -0.25) is 14.4 Å². The number of amides is 1. The van der Waals surface area contributed by atoms with E-state index in [1.807, 2.05) is 0 Å². The number of hydrogen-bond acceptors (Lipinski definition) is 3. The van der Waals surface area contributed by atoms with Gasteiger partial charge in [0.2, 0.25) is 5.56 Å². The summed E-state index contributed by atoms with van der Waals surface area (Å²) in [5, 5.41) is 11.8. The van der Waals surface area contributed by atoms with Crippen LogP contribution in [0.3, 0.4) is 0 Å². The minimum Gasteiger partial charge on any atom is -0.481 e. The van der Waals surface area contributed by atoms with Crippen LogP contribution in [0.2, 0.25) is 0 Å². The first-order valence-electron chi connectivity index (χ1n) is 6.32. The molecule has 2 aromatic rings. The number of aromatic nitrogens is 1. The Morgan fingerprint density at radius 3 is 2.43 bits per heavy atom. The van der Waals surface area contributed by atoms with Crippen LogP contribution in [0, 0.1) is 0 Å². The minimum atomic E-state index is -1.01. The van der Waals surface area contributed by atoms with Crippen molar-refractivity contribution in [2.75, 3.05) is 6.54 Å². The van der Waals surface area contributed by atoms with E-state index in [1.165, 1.54) is 18.3 Å². The van der Waals surface area contributed by atoms with Gasteiger partial charge in [-0.2, -0.15) is 0 Å². The zero-order chi connectivity index (χ0) is 15.2. The number of aliphatic carboxylic acids is 1. The molecule has 1 unspecified atom stereocenters. The van der Waals surface area contributed by atoms with Crippen molar-refractivity contribution in [1.29, 1.82) is 0 Å². The van der Waals surface area contributed by atoms with E-state index in [9.17, 15) is 19.5 Å². The number of carboxylic acids is 1. The molecule has 1 aromatic carbocycles. The molecule has 1 heterocycles. The van der Waals surface area contributed by atoms with Crippen LogP contribution in [-0.2, 0) is 4.79 Å². The summed E-state index contributed by atoms with van der Waals surface area (Å²) in [6.45, 7) is -0.0304. The number of carbonyl (C=O) groups is 2. The van der Waals surface area contributed by atoms with Crippen molar-refractivity contribution >= 4 is 11.9 Å². The van der Waals surface area contributed by atoms with Gasteiger partial charge in [0.05, 0.1) is 11.5 Å². The highest BCUT2D eigenvalue weighted by atomic mass is 16.4. The van der Waals surface area contributed by atoms with E-state index in [0.717, 1.165) is 0 Å². The Bertz CT molecular complexity index is 674. The molecule has 6 heteroatoms. The molecule has 0 radical (unpaired) electrons. The Morgan fingerprint density at radius 1 is 1.14 bits per heavy atom. The Balaban J connectivity index is 2.06. The monoisotopic (exact) mass is 286 g/mol. The highest BCUT2D eigenvalue weighted by Crippen LogP contribution is 2.14. The molecule has 1 aromatic heterocycles. The van der Waals surface area contributed by atoms with Crippen molar-refractivity contribution in [3.8, 4) is 0 Å². The maximum absolute atomic E-state index is 11.9. The maximum atomic E-state index is 11.9. The number of hydrogen-bond donors (Lipinski definition) is 3. The Labute approximate surface area is 120 Å². The molecular weight excluding hydrogens is 272 g/mol. The highest BCUT2D eigenvalue weighted by Gasteiger charge is 2.20. The second kappa shape index (κ2) is 6.51. The number of aromatic amines is 1. The normalized spacial score (nSPS) is 11.6. The molecule has 1 atom stereocenters. The van der Waals surface area contributed by atoms with Crippen molar-refractivity contribution in [1.82, 2.24) is 10.3 Å². The fraction of sp³-hybridized carbons (Fsp3) is 0.133. The molecule has 6 nitrogen and oxygen atoms in total. The van der Waals surface area contributed by atoms with Gasteiger partial charge in [0.15, 0.2) is 0 Å². The molecular formula is C15H14N2O4. The van der Waals surface area contributed by atoms with E-state index in [0.29, 0.717) is 5.56 Å². The van der Waals surface area contributed by atoms with Crippen LogP contribution in [0.25, 0.3) is 0 Å². The quantitative estimate of drug-likeness (QED) is 0.762. The smallest absolute Gasteiger partial charge is 0.312 e. The Morgan fingerprint density at radius 2 is 1.86 bits per heavy atom. The van der Waals surface area contributed by atoms with Crippen molar-refractivity contribution in [3.05, 3.63) is 70.1 Å². The topological polar surface area (TPSA) is 99.3 Å². The molecule has 108 valence electrons. The van der Waals surface area contributed by atoms with Crippen LogP contribution in [0.15, 0.2) is 53.5 Å². The van der Waals surface area contributed by atoms with Gasteiger partial charge in [-0.25, -0.2) is 0 Å². The third-order valence-corrected chi connectivity index (χ3v) is 3.01. The van der Waals surface area contributed by atoms with Gasteiger partial charge in [-0.05, 0) is 11.6 Å². The summed E-state index contributed by atoms with van der Waals surface area (Å²) in [4.78, 5) is 36.5. The lowest BCUT2D eigenvalue weighted by Crippen LogP contribution is -2.32. The van der Waals surface area contributed by atoms with Gasteiger partial charge in [0, 0.05) is 18.8 Å². The van der Waals surface area contributed by atoms with Gasteiger partial charge < -0.3 is 15.4 Å². The molecule has 0 aliphatic heterocycles. The summed E-state index contributed by atoms with van der Waals surface area (Å²) in [5.41, 5.74) is 0.581. The summed E-state index contributed by atoms with van der Waals surface area (Å²) in [7, 11) is 0. The summed E-state index contributed by atoms with van der Waals surface area (Å²) in [6.07, 6.45) is 1.29. The lowest BCUT2D eigenvalue weighted by molar-refractivity contribution is -0.138. The highest BCUT2D eigenvalue weighted by molar-refractivity contribution is 5.94. The maximum Gasteiger partial charge on any atom is 0.312 e. The zero-order valence-electron chi connectivity index (χ0n) is 11.1. The van der Waals surface area contributed by atoms with Gasteiger partial charge in [-0.1, -0.05) is 30.3 Å². The minimum absolute atomic E-state index is 0.0304. The second-order valence-corrected chi connectivity index (χ2v) is 4.45. The molecule has 0 bridgehead atoms. The fourth-order valence-electron chi connectivity index (χ4n) is 1.88. The van der Waals surface area contributed by atoms with Crippen molar-refractivity contribution in [2.24, 2.45) is 0 Å². The average Bonchev–Trinajstić information content (AvgIpc) is 2.48. The third kappa shape index (κ3) is 3.79. The molecule has 0 aliphatic rings. The number of carboxylic acid groups (broad SMARTS) is 1. The zero-order valence-corrected chi connectivity index (χ0v) is 11.1. The molecule has 21 heavy (non-hydrogen) atoms. The number of benzene rings is 1. The van der Waals surface area contributed by atoms with Crippen LogP contribution in [0.4, 0.5) is 0 Å². The standard InChI is InChI=1S/C15H14N2O4/c18-13-7-6-11(8-16-13)14(19)17-9-12(15(20)21)10-4-2-1-3-5-10/h1-8,12H,9H2,(H,16,18)(H,17,19)(H,20,21). The molecule has 2 rings (SSSR count). The van der Waals surface area contributed by atoms with Crippen molar-refractivity contribution in [2.45, 2.75) is 5.92 Å². The first kappa shape index (κ1) is 14.5. The van der Waals surface area contributed by atoms with E-state index in [-0.39, 0.29) is 17.7 Å². The fourth-order valence-corrected chi connectivity index (χ4v) is 1.88. The molecule has 0 spiro atoms. The molecule has 3 N–H and O–H groups in total. The summed E-state index contributed by atoms with van der Waals surface area (Å²) >= 11 is 0. The van der Waals surface area contributed by atoms with Crippen LogP contribution in [-0.4, -0.2) is 28.5 Å². The second-order valence-electron chi connectivity index (χ2n) is 4.45. The predicted octanol–water partition coefficient (Wildman–Crippen LogP) is 0.973.